The predicted octanol–water partition coefficient (Wildman–Crippen LogP) is 3.16. The minimum atomic E-state index is -0.269. The van der Waals surface area contributed by atoms with Gasteiger partial charge in [-0.3, -0.25) is 15.1 Å². The lowest BCUT2D eigenvalue weighted by molar-refractivity contribution is -0.128. The van der Waals surface area contributed by atoms with Crippen LogP contribution in [0.5, 0.6) is 0 Å². The third-order valence-electron chi connectivity index (χ3n) is 5.02. The molecule has 2 aromatic rings. The lowest BCUT2D eigenvalue weighted by atomic mass is 9.68. The molecule has 0 bridgehead atoms. The van der Waals surface area contributed by atoms with Gasteiger partial charge in [-0.25, -0.2) is 0 Å². The summed E-state index contributed by atoms with van der Waals surface area (Å²) in [6.45, 7) is 1.72. The number of fused-ring (bicyclic) bond motifs is 1. The summed E-state index contributed by atoms with van der Waals surface area (Å²) < 4.78 is 0. The van der Waals surface area contributed by atoms with Gasteiger partial charge in [0, 0.05) is 12.7 Å². The molecular weight excluding hydrogens is 381 g/mol. The fraction of sp³-hybridized carbons (Fsp3) is 0.500. The number of pyridine rings is 1. The van der Waals surface area contributed by atoms with Crippen LogP contribution in [0.4, 0.5) is 5.13 Å². The van der Waals surface area contributed by atoms with E-state index in [1.165, 1.54) is 17.8 Å². The lowest BCUT2D eigenvalue weighted by Crippen LogP contribution is -2.44. The van der Waals surface area contributed by atoms with Crippen molar-refractivity contribution in [3.8, 4) is 10.7 Å². The molecule has 0 spiro atoms. The van der Waals surface area contributed by atoms with E-state index < -0.39 is 0 Å². The van der Waals surface area contributed by atoms with Crippen LogP contribution in [0.2, 0.25) is 0 Å². The highest BCUT2D eigenvalue weighted by atomic mass is 35.5. The Hall–Kier alpha value is -1.28. The van der Waals surface area contributed by atoms with Crippen LogP contribution in [-0.4, -0.2) is 34.2 Å². The van der Waals surface area contributed by atoms with Gasteiger partial charge < -0.3 is 5.32 Å². The van der Waals surface area contributed by atoms with Gasteiger partial charge in [0.1, 0.15) is 5.69 Å². The molecule has 136 valence electrons. The fourth-order valence-corrected chi connectivity index (χ4v) is 4.49. The van der Waals surface area contributed by atoms with Crippen LogP contribution < -0.4 is 10.6 Å². The summed E-state index contributed by atoms with van der Waals surface area (Å²) in [7, 11) is 0. The number of halogens is 2. The van der Waals surface area contributed by atoms with E-state index in [4.69, 9.17) is 0 Å². The quantitative estimate of drug-likeness (QED) is 0.825. The second-order valence-corrected chi connectivity index (χ2v) is 7.29. The van der Waals surface area contributed by atoms with Gasteiger partial charge in [0.05, 0.1) is 5.41 Å². The van der Waals surface area contributed by atoms with E-state index in [-0.39, 0.29) is 36.1 Å². The van der Waals surface area contributed by atoms with Gasteiger partial charge in [0.2, 0.25) is 11.0 Å². The monoisotopic (exact) mass is 401 g/mol. The van der Waals surface area contributed by atoms with Gasteiger partial charge in [-0.2, -0.15) is 0 Å². The standard InChI is InChI=1S/C16H19N5OS.2ClH/c22-14(16-7-3-1-5-11(16)9-17-10-16)19-15-21-20-13(23-15)12-6-2-4-8-18-12;;/h2,4,6,8,11,17H,1,3,5,7,9-10H2,(H,19,21,22);2*1H/t11-,16+;;/m0../s1. The molecule has 3 heterocycles. The number of nitrogens with zero attached hydrogens (tertiary/aromatic N) is 3. The molecule has 1 saturated heterocycles. The maximum atomic E-state index is 12.9. The SMILES string of the molecule is Cl.Cl.O=C(Nc1nnc(-c2ccccn2)s1)[C@@]12CCCC[C@H]1CNC2. The number of amides is 1. The van der Waals surface area contributed by atoms with E-state index in [2.05, 4.69) is 25.8 Å². The van der Waals surface area contributed by atoms with Crippen molar-refractivity contribution in [1.82, 2.24) is 20.5 Å². The number of hydrogen-bond donors (Lipinski definition) is 2. The normalized spacial score (nSPS) is 24.6. The summed E-state index contributed by atoms with van der Waals surface area (Å²) >= 11 is 1.37. The topological polar surface area (TPSA) is 79.8 Å². The molecule has 1 aliphatic heterocycles. The van der Waals surface area contributed by atoms with Crippen molar-refractivity contribution in [2.75, 3.05) is 18.4 Å². The first kappa shape index (κ1) is 20.0. The molecule has 2 atom stereocenters. The van der Waals surface area contributed by atoms with E-state index in [0.29, 0.717) is 11.0 Å². The Morgan fingerprint density at radius 3 is 2.96 bits per heavy atom. The van der Waals surface area contributed by atoms with Crippen molar-refractivity contribution < 1.29 is 4.79 Å². The highest BCUT2D eigenvalue weighted by molar-refractivity contribution is 7.18. The summed E-state index contributed by atoms with van der Waals surface area (Å²) in [5, 5.41) is 15.9. The molecule has 25 heavy (non-hydrogen) atoms. The first-order valence-corrected chi connectivity index (χ1v) is 8.87. The van der Waals surface area contributed by atoms with Crippen molar-refractivity contribution in [3.05, 3.63) is 24.4 Å². The van der Waals surface area contributed by atoms with E-state index >= 15 is 0 Å². The molecule has 2 fully saturated rings. The third-order valence-corrected chi connectivity index (χ3v) is 5.88. The zero-order valence-corrected chi connectivity index (χ0v) is 16.1. The molecular formula is C16H21Cl2N5OS. The molecule has 2 aliphatic rings. The highest BCUT2D eigenvalue weighted by Crippen LogP contribution is 2.44. The minimum Gasteiger partial charge on any atom is -0.315 e. The van der Waals surface area contributed by atoms with Crippen LogP contribution in [-0.2, 0) is 4.79 Å². The van der Waals surface area contributed by atoms with Crippen LogP contribution in [0.25, 0.3) is 10.7 Å². The molecule has 4 rings (SSSR count). The Kier molecular flexibility index (Phi) is 6.73. The highest BCUT2D eigenvalue weighted by Gasteiger charge is 2.50. The molecule has 2 N–H and O–H groups in total. The second kappa shape index (κ2) is 8.40. The van der Waals surface area contributed by atoms with Gasteiger partial charge in [0.15, 0.2) is 5.01 Å². The second-order valence-electron chi connectivity index (χ2n) is 6.31. The van der Waals surface area contributed by atoms with Crippen LogP contribution in [0.1, 0.15) is 25.7 Å². The summed E-state index contributed by atoms with van der Waals surface area (Å²) in [5.41, 5.74) is 0.511. The number of carbonyl (C=O) groups is 1. The summed E-state index contributed by atoms with van der Waals surface area (Å²) in [6.07, 6.45) is 6.17. The molecule has 9 heteroatoms. The molecule has 0 radical (unpaired) electrons. The van der Waals surface area contributed by atoms with Gasteiger partial charge in [-0.1, -0.05) is 30.2 Å². The molecule has 0 unspecified atom stereocenters. The Bertz CT molecular complexity index is 714. The average molecular weight is 402 g/mol. The Labute approximate surface area is 163 Å². The van der Waals surface area contributed by atoms with Crippen LogP contribution in [0, 0.1) is 11.3 Å². The minimum absolute atomic E-state index is 0. The van der Waals surface area contributed by atoms with Gasteiger partial charge in [-0.05, 0) is 37.4 Å². The number of nitrogens with one attached hydrogen (secondary N) is 2. The van der Waals surface area contributed by atoms with E-state index in [1.54, 1.807) is 6.20 Å². The number of aromatic nitrogens is 3. The van der Waals surface area contributed by atoms with Crippen LogP contribution in [0.15, 0.2) is 24.4 Å². The number of carbonyl (C=O) groups excluding carboxylic acids is 1. The first-order chi connectivity index (χ1) is 11.3. The Morgan fingerprint density at radius 1 is 1.28 bits per heavy atom. The van der Waals surface area contributed by atoms with Crippen molar-refractivity contribution in [2.45, 2.75) is 25.7 Å². The fourth-order valence-electron chi connectivity index (χ4n) is 3.78. The summed E-state index contributed by atoms with van der Waals surface area (Å²) in [5.74, 6) is 0.537. The number of hydrogen-bond acceptors (Lipinski definition) is 6. The van der Waals surface area contributed by atoms with Crippen molar-refractivity contribution >= 4 is 47.2 Å². The summed E-state index contributed by atoms with van der Waals surface area (Å²) in [6, 6.07) is 5.67. The van der Waals surface area contributed by atoms with Crippen molar-refractivity contribution in [2.24, 2.45) is 11.3 Å². The van der Waals surface area contributed by atoms with Crippen molar-refractivity contribution in [3.63, 3.8) is 0 Å². The maximum Gasteiger partial charge on any atom is 0.234 e. The van der Waals surface area contributed by atoms with Crippen molar-refractivity contribution in [1.29, 1.82) is 0 Å². The zero-order chi connectivity index (χ0) is 15.7. The lowest BCUT2D eigenvalue weighted by Gasteiger charge is -2.36. The molecule has 1 amide bonds. The van der Waals surface area contributed by atoms with Gasteiger partial charge >= 0.3 is 0 Å². The predicted molar refractivity (Wildman–Crippen MR) is 104 cm³/mol. The van der Waals surface area contributed by atoms with Crippen LogP contribution in [0.3, 0.4) is 0 Å². The Morgan fingerprint density at radius 2 is 2.16 bits per heavy atom. The largest absolute Gasteiger partial charge is 0.315 e. The van der Waals surface area contributed by atoms with Crippen LogP contribution >= 0.6 is 36.2 Å². The zero-order valence-electron chi connectivity index (χ0n) is 13.6. The van der Waals surface area contributed by atoms with Gasteiger partial charge in [-0.15, -0.1) is 35.0 Å². The molecule has 6 nitrogen and oxygen atoms in total. The Balaban J connectivity index is 0.00000113. The van der Waals surface area contributed by atoms with E-state index in [1.807, 2.05) is 18.2 Å². The molecule has 1 saturated carbocycles. The van der Waals surface area contributed by atoms with Gasteiger partial charge in [0.25, 0.3) is 0 Å². The smallest absolute Gasteiger partial charge is 0.234 e. The molecule has 0 aromatic carbocycles. The first-order valence-electron chi connectivity index (χ1n) is 8.05. The third kappa shape index (κ3) is 3.79. The van der Waals surface area contributed by atoms with E-state index in [9.17, 15) is 4.79 Å². The number of anilines is 1. The molecule has 2 aromatic heterocycles. The average Bonchev–Trinajstić information content (AvgIpc) is 3.23. The van der Waals surface area contributed by atoms with E-state index in [0.717, 1.165) is 43.1 Å². The maximum absolute atomic E-state index is 12.9. The number of rotatable bonds is 3. The summed E-state index contributed by atoms with van der Waals surface area (Å²) in [4.78, 5) is 17.2. The molecule has 1 aliphatic carbocycles.